The highest BCUT2D eigenvalue weighted by atomic mass is 35.5. The van der Waals surface area contributed by atoms with E-state index in [4.69, 9.17) is 11.6 Å². The standard InChI is InChI=1S/C23H13ClN2O2S/c24-18-6-3-15(4-7-18)21-11-20-22(29-21)23(28)26(13-25-20)19-8-5-16-9-14(12-27)1-2-17(16)10-19/h1-13H. The average molecular weight is 417 g/mol. The van der Waals surface area contributed by atoms with Gasteiger partial charge in [-0.25, -0.2) is 4.98 Å². The van der Waals surface area contributed by atoms with Gasteiger partial charge in [-0.1, -0.05) is 41.9 Å². The van der Waals surface area contributed by atoms with Gasteiger partial charge in [0.1, 0.15) is 17.3 Å². The lowest BCUT2D eigenvalue weighted by Crippen LogP contribution is -2.17. The first kappa shape index (κ1) is 17.8. The van der Waals surface area contributed by atoms with Gasteiger partial charge in [0, 0.05) is 15.5 Å². The van der Waals surface area contributed by atoms with E-state index in [9.17, 15) is 9.59 Å². The number of hydrogen-bond donors (Lipinski definition) is 0. The van der Waals surface area contributed by atoms with Crippen molar-refractivity contribution < 1.29 is 4.79 Å². The number of nitrogens with zero attached hydrogens (tertiary/aromatic N) is 2. The lowest BCUT2D eigenvalue weighted by atomic mass is 10.1. The Hall–Kier alpha value is -3.28. The molecule has 5 rings (SSSR count). The van der Waals surface area contributed by atoms with Crippen LogP contribution in [0, 0.1) is 0 Å². The Kier molecular flexibility index (Phi) is 4.27. The summed E-state index contributed by atoms with van der Waals surface area (Å²) in [7, 11) is 0. The van der Waals surface area contributed by atoms with E-state index in [1.54, 1.807) is 17.0 Å². The molecule has 0 bridgehead atoms. The van der Waals surface area contributed by atoms with Crippen LogP contribution in [-0.4, -0.2) is 15.8 Å². The second-order valence-electron chi connectivity index (χ2n) is 6.66. The van der Waals surface area contributed by atoms with Crippen LogP contribution in [0.25, 0.3) is 37.1 Å². The molecule has 2 aromatic heterocycles. The number of carbonyl (C=O) groups excluding carboxylic acids is 1. The monoisotopic (exact) mass is 416 g/mol. The van der Waals surface area contributed by atoms with Gasteiger partial charge in [-0.3, -0.25) is 14.2 Å². The molecule has 0 saturated carbocycles. The summed E-state index contributed by atoms with van der Waals surface area (Å²) in [6, 6.07) is 20.6. The predicted octanol–water partition coefficient (Wildman–Crippen LogP) is 5.73. The molecule has 0 amide bonds. The van der Waals surface area contributed by atoms with Gasteiger partial charge in [0.05, 0.1) is 11.2 Å². The number of aromatic nitrogens is 2. The van der Waals surface area contributed by atoms with Crippen LogP contribution in [0.1, 0.15) is 10.4 Å². The predicted molar refractivity (Wildman–Crippen MR) is 119 cm³/mol. The fraction of sp³-hybridized carbons (Fsp3) is 0. The molecule has 5 aromatic rings. The highest BCUT2D eigenvalue weighted by Gasteiger charge is 2.12. The molecule has 6 heteroatoms. The lowest BCUT2D eigenvalue weighted by molar-refractivity contribution is 0.112. The van der Waals surface area contributed by atoms with E-state index < -0.39 is 0 Å². The molecule has 0 N–H and O–H groups in total. The number of rotatable bonds is 3. The minimum Gasteiger partial charge on any atom is -0.298 e. The normalized spacial score (nSPS) is 11.2. The largest absolute Gasteiger partial charge is 0.298 e. The van der Waals surface area contributed by atoms with Crippen molar-refractivity contribution in [2.24, 2.45) is 0 Å². The highest BCUT2D eigenvalue weighted by Crippen LogP contribution is 2.31. The van der Waals surface area contributed by atoms with Crippen LogP contribution in [0.3, 0.4) is 0 Å². The van der Waals surface area contributed by atoms with Gasteiger partial charge in [0.25, 0.3) is 5.56 Å². The smallest absolute Gasteiger partial charge is 0.275 e. The molecule has 3 aromatic carbocycles. The molecule has 140 valence electrons. The van der Waals surface area contributed by atoms with E-state index >= 15 is 0 Å². The Morgan fingerprint density at radius 3 is 2.48 bits per heavy atom. The first-order valence-electron chi connectivity index (χ1n) is 8.89. The molecule has 2 heterocycles. The zero-order chi connectivity index (χ0) is 20.0. The maximum absolute atomic E-state index is 13.1. The highest BCUT2D eigenvalue weighted by molar-refractivity contribution is 7.22. The summed E-state index contributed by atoms with van der Waals surface area (Å²) < 4.78 is 2.16. The van der Waals surface area contributed by atoms with Gasteiger partial charge in [-0.15, -0.1) is 11.3 Å². The van der Waals surface area contributed by atoms with Crippen LogP contribution < -0.4 is 5.56 Å². The Morgan fingerprint density at radius 2 is 1.69 bits per heavy atom. The summed E-state index contributed by atoms with van der Waals surface area (Å²) in [6.07, 6.45) is 2.38. The fourth-order valence-electron chi connectivity index (χ4n) is 3.33. The third-order valence-corrected chi connectivity index (χ3v) is 6.24. The summed E-state index contributed by atoms with van der Waals surface area (Å²) in [4.78, 5) is 29.6. The maximum Gasteiger partial charge on any atom is 0.275 e. The quantitative estimate of drug-likeness (QED) is 0.353. The van der Waals surface area contributed by atoms with Crippen molar-refractivity contribution in [3.8, 4) is 16.1 Å². The molecule has 29 heavy (non-hydrogen) atoms. The van der Waals surface area contributed by atoms with Crippen molar-refractivity contribution >= 4 is 50.2 Å². The summed E-state index contributed by atoms with van der Waals surface area (Å²) in [5, 5.41) is 2.57. The van der Waals surface area contributed by atoms with Gasteiger partial charge in [-0.2, -0.15) is 0 Å². The number of thiophene rings is 1. The van der Waals surface area contributed by atoms with Gasteiger partial charge in [0.2, 0.25) is 0 Å². The molecule has 0 aliphatic heterocycles. The van der Waals surface area contributed by atoms with Crippen LogP contribution in [0.4, 0.5) is 0 Å². The zero-order valence-corrected chi connectivity index (χ0v) is 16.6. The molecule has 0 unspecified atom stereocenters. The second-order valence-corrected chi connectivity index (χ2v) is 8.15. The summed E-state index contributed by atoms with van der Waals surface area (Å²) >= 11 is 7.39. The summed E-state index contributed by atoms with van der Waals surface area (Å²) in [6.45, 7) is 0. The molecule has 4 nitrogen and oxygen atoms in total. The molecule has 0 saturated heterocycles. The van der Waals surface area contributed by atoms with Crippen LogP contribution in [0.15, 0.2) is 77.9 Å². The topological polar surface area (TPSA) is 52.0 Å². The number of fused-ring (bicyclic) bond motifs is 2. The van der Waals surface area contributed by atoms with Gasteiger partial charge >= 0.3 is 0 Å². The van der Waals surface area contributed by atoms with Crippen LogP contribution in [-0.2, 0) is 0 Å². The van der Waals surface area contributed by atoms with E-state index in [1.165, 1.54) is 11.3 Å². The third kappa shape index (κ3) is 3.14. The molecule has 0 aliphatic rings. The van der Waals surface area contributed by atoms with Crippen molar-refractivity contribution in [1.82, 2.24) is 9.55 Å². The van der Waals surface area contributed by atoms with E-state index in [1.807, 2.05) is 60.7 Å². The maximum atomic E-state index is 13.1. The number of aldehydes is 1. The minimum atomic E-state index is -0.107. The molecular weight excluding hydrogens is 404 g/mol. The Morgan fingerprint density at radius 1 is 0.931 bits per heavy atom. The second kappa shape index (κ2) is 6.95. The third-order valence-electron chi connectivity index (χ3n) is 4.83. The van der Waals surface area contributed by atoms with Crippen molar-refractivity contribution in [3.63, 3.8) is 0 Å². The minimum absolute atomic E-state index is 0.107. The lowest BCUT2D eigenvalue weighted by Gasteiger charge is -2.07. The number of halogens is 1. The summed E-state index contributed by atoms with van der Waals surface area (Å²) in [5.74, 6) is 0. The van der Waals surface area contributed by atoms with Crippen molar-refractivity contribution in [2.75, 3.05) is 0 Å². The van der Waals surface area contributed by atoms with Gasteiger partial charge < -0.3 is 0 Å². The molecular formula is C23H13ClN2O2S. The number of benzene rings is 3. The van der Waals surface area contributed by atoms with E-state index in [0.29, 0.717) is 20.8 Å². The van der Waals surface area contributed by atoms with E-state index in [2.05, 4.69) is 4.98 Å². The molecule has 0 fully saturated rings. The average Bonchev–Trinajstić information content (AvgIpc) is 3.19. The zero-order valence-electron chi connectivity index (χ0n) is 15.0. The van der Waals surface area contributed by atoms with Crippen molar-refractivity contribution in [1.29, 1.82) is 0 Å². The van der Waals surface area contributed by atoms with Crippen LogP contribution in [0.2, 0.25) is 5.02 Å². The van der Waals surface area contributed by atoms with Crippen LogP contribution >= 0.6 is 22.9 Å². The molecule has 0 atom stereocenters. The Balaban J connectivity index is 1.63. The van der Waals surface area contributed by atoms with E-state index in [0.717, 1.165) is 33.2 Å². The Bertz CT molecular complexity index is 1450. The first-order valence-corrected chi connectivity index (χ1v) is 10.1. The number of hydrogen-bond acceptors (Lipinski definition) is 4. The molecule has 0 radical (unpaired) electrons. The molecule has 0 aliphatic carbocycles. The van der Waals surface area contributed by atoms with Gasteiger partial charge in [0.15, 0.2) is 0 Å². The fourth-order valence-corrected chi connectivity index (χ4v) is 4.50. The van der Waals surface area contributed by atoms with E-state index in [-0.39, 0.29) is 5.56 Å². The van der Waals surface area contributed by atoms with Crippen molar-refractivity contribution in [2.45, 2.75) is 0 Å². The number of carbonyl (C=O) groups is 1. The Labute approximate surface area is 174 Å². The first-order chi connectivity index (χ1) is 14.1. The van der Waals surface area contributed by atoms with Crippen LogP contribution in [0.5, 0.6) is 0 Å². The molecule has 0 spiro atoms. The summed E-state index contributed by atoms with van der Waals surface area (Å²) in [5.41, 5.74) is 2.93. The SMILES string of the molecule is O=Cc1ccc2cc(-n3cnc4cc(-c5ccc(Cl)cc5)sc4c3=O)ccc2c1. The van der Waals surface area contributed by atoms with Crippen molar-refractivity contribution in [3.05, 3.63) is 94.0 Å². The van der Waals surface area contributed by atoms with Gasteiger partial charge in [-0.05, 0) is 52.7 Å².